The zero-order valence-electron chi connectivity index (χ0n) is 6.95. The lowest BCUT2D eigenvalue weighted by molar-refractivity contribution is -0.119. The van der Waals surface area contributed by atoms with E-state index >= 15 is 0 Å². The third kappa shape index (κ3) is 1.83. The Balaban J connectivity index is 2.89. The summed E-state index contributed by atoms with van der Waals surface area (Å²) in [7, 11) is 0. The van der Waals surface area contributed by atoms with Gasteiger partial charge in [-0.05, 0) is 12.5 Å². The number of carbonyl (C=O) groups is 1. The normalized spacial score (nSPS) is 12.5. The molecule has 0 fully saturated rings. The van der Waals surface area contributed by atoms with Gasteiger partial charge in [-0.25, -0.2) is 0 Å². The van der Waals surface area contributed by atoms with Crippen LogP contribution in [-0.4, -0.2) is 5.91 Å². The maximum atomic E-state index is 10.7. The number of hydrogen-bond donors (Lipinski definition) is 2. The largest absolute Gasteiger partial charge is 0.368 e. The molecule has 0 aliphatic rings. The van der Waals surface area contributed by atoms with E-state index in [-0.39, 0.29) is 0 Å². The number of carbonyl (C=O) groups excluding carboxylic acids is 1. The summed E-state index contributed by atoms with van der Waals surface area (Å²) in [6, 6.07) is 6.73. The monoisotopic (exact) mass is 164 g/mol. The molecule has 1 rings (SSSR count). The van der Waals surface area contributed by atoms with Gasteiger partial charge in [-0.15, -0.1) is 0 Å². The quantitative estimate of drug-likeness (QED) is 0.667. The van der Waals surface area contributed by atoms with Crippen LogP contribution in [0.2, 0.25) is 0 Å². The van der Waals surface area contributed by atoms with Gasteiger partial charge in [-0.3, -0.25) is 4.79 Å². The van der Waals surface area contributed by atoms with Gasteiger partial charge in [0.15, 0.2) is 0 Å². The SMILES string of the molecule is Cc1ccc(C(N)C(N)=O)cc1. The highest BCUT2D eigenvalue weighted by molar-refractivity contribution is 5.81. The Hall–Kier alpha value is -1.35. The minimum atomic E-state index is -0.689. The molecule has 1 unspecified atom stereocenters. The van der Waals surface area contributed by atoms with Crippen molar-refractivity contribution in [3.63, 3.8) is 0 Å². The Labute approximate surface area is 71.4 Å². The molecule has 3 heteroatoms. The Kier molecular flexibility index (Phi) is 2.45. The summed E-state index contributed by atoms with van der Waals surface area (Å²) < 4.78 is 0. The Morgan fingerprint density at radius 2 is 1.83 bits per heavy atom. The number of nitrogens with two attached hydrogens (primary N) is 2. The summed E-state index contributed by atoms with van der Waals surface area (Å²) in [6.07, 6.45) is 0. The van der Waals surface area contributed by atoms with Crippen molar-refractivity contribution in [3.05, 3.63) is 35.4 Å². The van der Waals surface area contributed by atoms with Gasteiger partial charge < -0.3 is 11.5 Å². The molecule has 1 atom stereocenters. The number of aryl methyl sites for hydroxylation is 1. The lowest BCUT2D eigenvalue weighted by Crippen LogP contribution is -2.28. The van der Waals surface area contributed by atoms with E-state index < -0.39 is 11.9 Å². The fourth-order valence-electron chi connectivity index (χ4n) is 0.938. The number of rotatable bonds is 2. The Bertz CT molecular complexity index is 279. The maximum Gasteiger partial charge on any atom is 0.238 e. The third-order valence-corrected chi connectivity index (χ3v) is 1.74. The molecule has 0 aromatic heterocycles. The Morgan fingerprint density at radius 3 is 2.25 bits per heavy atom. The van der Waals surface area contributed by atoms with Crippen LogP contribution in [0.4, 0.5) is 0 Å². The summed E-state index contributed by atoms with van der Waals surface area (Å²) in [5, 5.41) is 0. The summed E-state index contributed by atoms with van der Waals surface area (Å²) in [6.45, 7) is 1.97. The minimum Gasteiger partial charge on any atom is -0.368 e. The highest BCUT2D eigenvalue weighted by atomic mass is 16.1. The van der Waals surface area contributed by atoms with Crippen LogP contribution in [0.15, 0.2) is 24.3 Å². The van der Waals surface area contributed by atoms with Gasteiger partial charge in [0.2, 0.25) is 5.91 Å². The molecule has 0 saturated heterocycles. The van der Waals surface area contributed by atoms with Gasteiger partial charge >= 0.3 is 0 Å². The van der Waals surface area contributed by atoms with Crippen LogP contribution in [-0.2, 0) is 4.79 Å². The van der Waals surface area contributed by atoms with Crippen molar-refractivity contribution in [3.8, 4) is 0 Å². The van der Waals surface area contributed by atoms with Crippen LogP contribution in [0.3, 0.4) is 0 Å². The number of primary amides is 1. The van der Waals surface area contributed by atoms with E-state index in [2.05, 4.69) is 0 Å². The van der Waals surface area contributed by atoms with Crippen molar-refractivity contribution in [1.29, 1.82) is 0 Å². The molecule has 3 nitrogen and oxygen atoms in total. The first-order valence-corrected chi connectivity index (χ1v) is 3.72. The molecule has 0 aliphatic carbocycles. The lowest BCUT2D eigenvalue weighted by Gasteiger charge is -2.06. The second-order valence-electron chi connectivity index (χ2n) is 2.79. The van der Waals surface area contributed by atoms with E-state index in [1.165, 1.54) is 0 Å². The third-order valence-electron chi connectivity index (χ3n) is 1.74. The molecule has 0 bridgehead atoms. The molecular weight excluding hydrogens is 152 g/mol. The van der Waals surface area contributed by atoms with Crippen LogP contribution in [0.1, 0.15) is 17.2 Å². The molecule has 4 N–H and O–H groups in total. The standard InChI is InChI=1S/C9H12N2O/c1-6-2-4-7(5-3-6)8(10)9(11)12/h2-5,8H,10H2,1H3,(H2,11,12). The van der Waals surface area contributed by atoms with Crippen LogP contribution in [0.25, 0.3) is 0 Å². The van der Waals surface area contributed by atoms with E-state index in [1.807, 2.05) is 31.2 Å². The molecule has 1 aromatic rings. The molecular formula is C9H12N2O. The van der Waals surface area contributed by atoms with Crippen LogP contribution in [0.5, 0.6) is 0 Å². The van der Waals surface area contributed by atoms with E-state index in [0.717, 1.165) is 11.1 Å². The number of amides is 1. The van der Waals surface area contributed by atoms with Gasteiger partial charge in [0, 0.05) is 0 Å². The van der Waals surface area contributed by atoms with Gasteiger partial charge in [-0.1, -0.05) is 29.8 Å². The van der Waals surface area contributed by atoms with E-state index in [4.69, 9.17) is 11.5 Å². The topological polar surface area (TPSA) is 69.1 Å². The van der Waals surface area contributed by atoms with Gasteiger partial charge in [0.05, 0.1) is 0 Å². The predicted octanol–water partition coefficient (Wildman–Crippen LogP) is 0.480. The van der Waals surface area contributed by atoms with E-state index in [9.17, 15) is 4.79 Å². The van der Waals surface area contributed by atoms with Crippen molar-refractivity contribution in [2.24, 2.45) is 11.5 Å². The Morgan fingerprint density at radius 1 is 1.33 bits per heavy atom. The molecule has 12 heavy (non-hydrogen) atoms. The molecule has 64 valence electrons. The summed E-state index contributed by atoms with van der Waals surface area (Å²) in [5.41, 5.74) is 12.4. The van der Waals surface area contributed by atoms with Crippen LogP contribution < -0.4 is 11.5 Å². The van der Waals surface area contributed by atoms with Gasteiger partial charge in [0.1, 0.15) is 6.04 Å². The summed E-state index contributed by atoms with van der Waals surface area (Å²) in [5.74, 6) is -0.501. The van der Waals surface area contributed by atoms with Crippen molar-refractivity contribution >= 4 is 5.91 Å². The van der Waals surface area contributed by atoms with Gasteiger partial charge in [-0.2, -0.15) is 0 Å². The van der Waals surface area contributed by atoms with Gasteiger partial charge in [0.25, 0.3) is 0 Å². The van der Waals surface area contributed by atoms with E-state index in [1.54, 1.807) is 0 Å². The number of benzene rings is 1. The fourth-order valence-corrected chi connectivity index (χ4v) is 0.938. The molecule has 0 aliphatic heterocycles. The first-order chi connectivity index (χ1) is 5.61. The van der Waals surface area contributed by atoms with E-state index in [0.29, 0.717) is 0 Å². The zero-order valence-corrected chi connectivity index (χ0v) is 6.95. The smallest absolute Gasteiger partial charge is 0.238 e. The highest BCUT2D eigenvalue weighted by Gasteiger charge is 2.10. The summed E-state index contributed by atoms with van der Waals surface area (Å²) >= 11 is 0. The highest BCUT2D eigenvalue weighted by Crippen LogP contribution is 2.10. The molecule has 0 spiro atoms. The van der Waals surface area contributed by atoms with Crippen molar-refractivity contribution < 1.29 is 4.79 Å². The van der Waals surface area contributed by atoms with Crippen molar-refractivity contribution in [1.82, 2.24) is 0 Å². The predicted molar refractivity (Wildman–Crippen MR) is 47.3 cm³/mol. The molecule has 0 heterocycles. The molecule has 1 aromatic carbocycles. The minimum absolute atomic E-state index is 0.501. The van der Waals surface area contributed by atoms with Crippen LogP contribution >= 0.6 is 0 Å². The van der Waals surface area contributed by atoms with Crippen molar-refractivity contribution in [2.45, 2.75) is 13.0 Å². The lowest BCUT2D eigenvalue weighted by atomic mass is 10.1. The average Bonchev–Trinajstić information content (AvgIpc) is 2.04. The average molecular weight is 164 g/mol. The first kappa shape index (κ1) is 8.74. The molecule has 1 amide bonds. The van der Waals surface area contributed by atoms with Crippen molar-refractivity contribution in [2.75, 3.05) is 0 Å². The first-order valence-electron chi connectivity index (χ1n) is 3.72. The maximum absolute atomic E-state index is 10.7. The van der Waals surface area contributed by atoms with Crippen LogP contribution in [0, 0.1) is 6.92 Å². The fraction of sp³-hybridized carbons (Fsp3) is 0.222. The number of hydrogen-bond acceptors (Lipinski definition) is 2. The summed E-state index contributed by atoms with van der Waals surface area (Å²) in [4.78, 5) is 10.7. The molecule has 0 saturated carbocycles. The second kappa shape index (κ2) is 3.36. The molecule has 0 radical (unpaired) electrons. The zero-order chi connectivity index (χ0) is 9.14. The second-order valence-corrected chi connectivity index (χ2v) is 2.79.